The summed E-state index contributed by atoms with van der Waals surface area (Å²) in [5, 5.41) is 5.96. The highest BCUT2D eigenvalue weighted by Crippen LogP contribution is 2.07. The number of rotatable bonds is 6. The molecule has 0 aliphatic rings. The maximum absolute atomic E-state index is 11.5. The lowest BCUT2D eigenvalue weighted by molar-refractivity contribution is -0.146. The molecule has 0 bridgehead atoms. The van der Waals surface area contributed by atoms with Crippen LogP contribution < -0.4 is 0 Å². The maximum Gasteiger partial charge on any atom is 0.327 e. The van der Waals surface area contributed by atoms with E-state index in [2.05, 4.69) is 4.74 Å². The van der Waals surface area contributed by atoms with Gasteiger partial charge in [0.2, 0.25) is 0 Å². The Labute approximate surface area is 94.4 Å². The number of carboxylic acid groups (broad SMARTS) is 1. The van der Waals surface area contributed by atoms with Crippen LogP contribution in [0, 0.1) is 0 Å². The molecule has 0 aromatic heterocycles. The first-order chi connectivity index (χ1) is 7.64. The molecule has 1 unspecified atom stereocenters. The third-order valence-corrected chi connectivity index (χ3v) is 2.52. The summed E-state index contributed by atoms with van der Waals surface area (Å²) in [7, 11) is -4.97. The van der Waals surface area contributed by atoms with Crippen molar-refractivity contribution in [2.75, 3.05) is 6.61 Å². The molecule has 0 heterocycles. The summed E-state index contributed by atoms with van der Waals surface area (Å²) in [4.78, 5) is 21.2. The Morgan fingerprint density at radius 1 is 1.35 bits per heavy atom. The van der Waals surface area contributed by atoms with Crippen molar-refractivity contribution in [3.8, 4) is 0 Å². The molecule has 0 aliphatic heterocycles. The predicted octanol–water partition coefficient (Wildman–Crippen LogP) is 0.0411. The van der Waals surface area contributed by atoms with Gasteiger partial charge in [0.15, 0.2) is 5.25 Å². The van der Waals surface area contributed by atoms with Gasteiger partial charge in [-0.2, -0.15) is 17.2 Å². The van der Waals surface area contributed by atoms with Crippen molar-refractivity contribution in [3.63, 3.8) is 0 Å². The number of hydrogen-bond donors (Lipinski definition) is 2. The largest absolute Gasteiger partial charge is 0.481 e. The molecule has 0 aromatic rings. The molecule has 0 aromatic carbocycles. The van der Waals surface area contributed by atoms with Crippen LogP contribution >= 0.6 is 0 Å². The fourth-order valence-corrected chi connectivity index (χ4v) is 1.41. The smallest absolute Gasteiger partial charge is 0.327 e. The van der Waals surface area contributed by atoms with Crippen molar-refractivity contribution in [3.05, 3.63) is 12.2 Å². The molecular formula is C7H8F2O7S. The highest BCUT2D eigenvalue weighted by Gasteiger charge is 2.34. The number of carboxylic acids is 1. The zero-order valence-electron chi connectivity index (χ0n) is 8.17. The van der Waals surface area contributed by atoms with Crippen molar-refractivity contribution < 1.29 is 41.2 Å². The molecule has 0 amide bonds. The van der Waals surface area contributed by atoms with Crippen LogP contribution in [0.1, 0.15) is 6.42 Å². The first kappa shape index (κ1) is 15.4. The second kappa shape index (κ2) is 6.25. The van der Waals surface area contributed by atoms with E-state index in [9.17, 15) is 26.8 Å². The molecule has 0 saturated heterocycles. The molecule has 98 valence electrons. The quantitative estimate of drug-likeness (QED) is 0.518. The molecule has 0 fully saturated rings. The monoisotopic (exact) mass is 274 g/mol. The van der Waals surface area contributed by atoms with E-state index in [1.54, 1.807) is 0 Å². The lowest BCUT2D eigenvalue weighted by Gasteiger charge is -2.09. The number of ether oxygens (including phenoxy) is 1. The SMILES string of the molecule is O=C(O)CC(C(=O)OCC=C(F)F)S(=O)(=O)O. The summed E-state index contributed by atoms with van der Waals surface area (Å²) in [6.45, 7) is -0.924. The molecule has 0 saturated carbocycles. The molecule has 1 atom stereocenters. The van der Waals surface area contributed by atoms with Crippen molar-refractivity contribution in [1.82, 2.24) is 0 Å². The van der Waals surface area contributed by atoms with E-state index in [1.807, 2.05) is 0 Å². The highest BCUT2D eigenvalue weighted by atomic mass is 32.2. The second-order valence-electron chi connectivity index (χ2n) is 2.73. The van der Waals surface area contributed by atoms with Gasteiger partial charge in [-0.1, -0.05) is 0 Å². The van der Waals surface area contributed by atoms with Crippen LogP contribution in [-0.4, -0.2) is 41.9 Å². The Kier molecular flexibility index (Phi) is 5.68. The van der Waals surface area contributed by atoms with E-state index in [4.69, 9.17) is 9.66 Å². The van der Waals surface area contributed by atoms with Crippen molar-refractivity contribution >= 4 is 22.1 Å². The fraction of sp³-hybridized carbons (Fsp3) is 0.429. The van der Waals surface area contributed by atoms with E-state index in [0.717, 1.165) is 0 Å². The topological polar surface area (TPSA) is 118 Å². The van der Waals surface area contributed by atoms with Gasteiger partial charge in [0, 0.05) is 6.08 Å². The minimum atomic E-state index is -4.97. The number of carbonyl (C=O) groups is 2. The molecule has 0 rings (SSSR count). The first-order valence-corrected chi connectivity index (χ1v) is 5.50. The lowest BCUT2D eigenvalue weighted by Crippen LogP contribution is -2.34. The van der Waals surface area contributed by atoms with Gasteiger partial charge >= 0.3 is 11.9 Å². The Hall–Kier alpha value is -1.55. The van der Waals surface area contributed by atoms with Crippen LogP contribution in [0.4, 0.5) is 8.78 Å². The van der Waals surface area contributed by atoms with E-state index in [-0.39, 0.29) is 6.08 Å². The Balaban J connectivity index is 4.67. The van der Waals surface area contributed by atoms with Gasteiger partial charge in [-0.05, 0) is 0 Å². The highest BCUT2D eigenvalue weighted by molar-refractivity contribution is 7.87. The summed E-state index contributed by atoms with van der Waals surface area (Å²) in [5.41, 5.74) is 0. The van der Waals surface area contributed by atoms with Crippen molar-refractivity contribution in [2.45, 2.75) is 11.7 Å². The first-order valence-electron chi connectivity index (χ1n) is 4.00. The summed E-state index contributed by atoms with van der Waals surface area (Å²) >= 11 is 0. The van der Waals surface area contributed by atoms with Gasteiger partial charge in [0.25, 0.3) is 16.2 Å². The van der Waals surface area contributed by atoms with Crippen LogP contribution in [0.15, 0.2) is 12.2 Å². The zero-order valence-corrected chi connectivity index (χ0v) is 8.99. The van der Waals surface area contributed by atoms with Gasteiger partial charge in [0.1, 0.15) is 6.61 Å². The molecule has 17 heavy (non-hydrogen) atoms. The van der Waals surface area contributed by atoms with Gasteiger partial charge in [0.05, 0.1) is 6.42 Å². The number of esters is 1. The maximum atomic E-state index is 11.5. The molecule has 10 heteroatoms. The fourth-order valence-electron chi connectivity index (χ4n) is 0.749. The Morgan fingerprint density at radius 3 is 2.24 bits per heavy atom. The Bertz CT molecular complexity index is 424. The van der Waals surface area contributed by atoms with Crippen LogP contribution in [0.5, 0.6) is 0 Å². The summed E-state index contributed by atoms with van der Waals surface area (Å²) in [6, 6.07) is 0. The zero-order chi connectivity index (χ0) is 13.6. The molecule has 2 N–H and O–H groups in total. The standard InChI is InChI=1S/C7H8F2O7S/c8-5(9)1-2-16-7(12)4(3-6(10)11)17(13,14)15/h1,4H,2-3H2,(H,10,11)(H,13,14,15). The molecule has 0 spiro atoms. The molecular weight excluding hydrogens is 266 g/mol. The summed E-state index contributed by atoms with van der Waals surface area (Å²) in [6.07, 6.45) is -3.20. The molecule has 7 nitrogen and oxygen atoms in total. The number of halogens is 2. The molecule has 0 radical (unpaired) electrons. The minimum Gasteiger partial charge on any atom is -0.481 e. The Morgan fingerprint density at radius 2 is 1.88 bits per heavy atom. The van der Waals surface area contributed by atoms with Crippen molar-refractivity contribution in [1.29, 1.82) is 0 Å². The normalized spacial score (nSPS) is 12.6. The van der Waals surface area contributed by atoms with Crippen LogP contribution in [0.3, 0.4) is 0 Å². The average molecular weight is 274 g/mol. The summed E-state index contributed by atoms with van der Waals surface area (Å²) < 4.78 is 56.9. The van der Waals surface area contributed by atoms with Gasteiger partial charge < -0.3 is 9.84 Å². The third-order valence-electron chi connectivity index (χ3n) is 1.45. The predicted molar refractivity (Wildman–Crippen MR) is 48.8 cm³/mol. The van der Waals surface area contributed by atoms with E-state index in [1.165, 1.54) is 0 Å². The lowest BCUT2D eigenvalue weighted by atomic mass is 10.3. The van der Waals surface area contributed by atoms with Gasteiger partial charge in [-0.3, -0.25) is 14.1 Å². The molecule has 0 aliphatic carbocycles. The van der Waals surface area contributed by atoms with Gasteiger partial charge in [-0.25, -0.2) is 0 Å². The van der Waals surface area contributed by atoms with Crippen molar-refractivity contribution in [2.24, 2.45) is 0 Å². The van der Waals surface area contributed by atoms with E-state index in [0.29, 0.717) is 0 Å². The van der Waals surface area contributed by atoms with Gasteiger partial charge in [-0.15, -0.1) is 0 Å². The number of hydrogen-bond acceptors (Lipinski definition) is 5. The average Bonchev–Trinajstić information content (AvgIpc) is 2.11. The van der Waals surface area contributed by atoms with Crippen LogP contribution in [0.25, 0.3) is 0 Å². The van der Waals surface area contributed by atoms with E-state index >= 15 is 0 Å². The van der Waals surface area contributed by atoms with Crippen LogP contribution in [-0.2, 0) is 24.4 Å². The van der Waals surface area contributed by atoms with E-state index < -0.39 is 46.4 Å². The van der Waals surface area contributed by atoms with Crippen LogP contribution in [0.2, 0.25) is 0 Å². The summed E-state index contributed by atoms with van der Waals surface area (Å²) in [5.74, 6) is -3.29. The third kappa shape index (κ3) is 6.58. The second-order valence-corrected chi connectivity index (χ2v) is 4.32. The number of carbonyl (C=O) groups excluding carboxylic acids is 1. The number of aliphatic carboxylic acids is 1. The minimum absolute atomic E-state index is 0.180.